The molecule has 0 N–H and O–H groups in total. The number of hydrogen-bond donors (Lipinski definition) is 0. The molecule has 2 aromatic carbocycles. The van der Waals surface area contributed by atoms with Crippen LogP contribution in [-0.2, 0) is 14.3 Å². The van der Waals surface area contributed by atoms with Gasteiger partial charge in [-0.2, -0.15) is 0 Å². The van der Waals surface area contributed by atoms with Crippen LogP contribution >= 0.6 is 0 Å². The summed E-state index contributed by atoms with van der Waals surface area (Å²) in [5.74, 6) is -0.475. The molecule has 0 atom stereocenters. The maximum Gasteiger partial charge on any atom is 0.409 e. The van der Waals surface area contributed by atoms with Crippen LogP contribution in [0.15, 0.2) is 61.2 Å². The average Bonchev–Trinajstić information content (AvgIpc) is 3.03. The fourth-order valence-corrected chi connectivity index (χ4v) is 3.38. The van der Waals surface area contributed by atoms with Gasteiger partial charge in [0.1, 0.15) is 13.2 Å². The third-order valence-corrected chi connectivity index (χ3v) is 4.75. The van der Waals surface area contributed by atoms with E-state index in [0.717, 1.165) is 6.08 Å². The lowest BCUT2D eigenvalue weighted by Crippen LogP contribution is -2.35. The Morgan fingerprint density at radius 2 is 1.63 bits per heavy atom. The third kappa shape index (κ3) is 4.03. The van der Waals surface area contributed by atoms with Crippen LogP contribution in [-0.4, -0.2) is 43.3 Å². The zero-order chi connectivity index (χ0) is 19.2. The Morgan fingerprint density at radius 3 is 2.19 bits per heavy atom. The Hall–Kier alpha value is -3.08. The van der Waals surface area contributed by atoms with E-state index in [1.807, 2.05) is 31.2 Å². The standard InChI is InChI=1S/C22H23NO4/c1-3-21(24)26-14-13-23(4-2)22(25)27-15-20-18-11-7-5-9-16(18)17-10-6-8-12-19(17)20/h3,5-12,20H,1,4,13-15H2,2H3. The zero-order valence-corrected chi connectivity index (χ0v) is 15.4. The van der Waals surface area contributed by atoms with Gasteiger partial charge in [0.15, 0.2) is 0 Å². The second kappa shape index (κ2) is 8.54. The maximum absolute atomic E-state index is 12.4. The van der Waals surface area contributed by atoms with Crippen molar-refractivity contribution >= 4 is 12.1 Å². The topological polar surface area (TPSA) is 55.8 Å². The zero-order valence-electron chi connectivity index (χ0n) is 15.4. The van der Waals surface area contributed by atoms with Crippen LogP contribution in [0.5, 0.6) is 0 Å². The maximum atomic E-state index is 12.4. The number of nitrogens with zero attached hydrogens (tertiary/aromatic N) is 1. The summed E-state index contributed by atoms with van der Waals surface area (Å²) in [6, 6.07) is 16.4. The molecule has 0 radical (unpaired) electrons. The number of amides is 1. The van der Waals surface area contributed by atoms with Crippen molar-refractivity contribution in [1.82, 2.24) is 4.90 Å². The van der Waals surface area contributed by atoms with Crippen LogP contribution in [0, 0.1) is 0 Å². The van der Waals surface area contributed by atoms with Gasteiger partial charge in [0.25, 0.3) is 0 Å². The molecule has 0 spiro atoms. The molecule has 1 aliphatic carbocycles. The smallest absolute Gasteiger partial charge is 0.409 e. The van der Waals surface area contributed by atoms with E-state index in [2.05, 4.69) is 30.8 Å². The first-order chi connectivity index (χ1) is 13.2. The Bertz CT molecular complexity index is 800. The summed E-state index contributed by atoms with van der Waals surface area (Å²) >= 11 is 0. The molecule has 0 saturated carbocycles. The summed E-state index contributed by atoms with van der Waals surface area (Å²) in [5.41, 5.74) is 4.74. The van der Waals surface area contributed by atoms with Crippen LogP contribution in [0.3, 0.4) is 0 Å². The molecular weight excluding hydrogens is 342 g/mol. The SMILES string of the molecule is C=CC(=O)OCCN(CC)C(=O)OCC1c2ccccc2-c2ccccc21. The van der Waals surface area contributed by atoms with E-state index in [-0.39, 0.29) is 25.7 Å². The fourth-order valence-electron chi connectivity index (χ4n) is 3.38. The lowest BCUT2D eigenvalue weighted by molar-refractivity contribution is -0.138. The number of esters is 1. The van der Waals surface area contributed by atoms with Gasteiger partial charge >= 0.3 is 12.1 Å². The molecule has 5 heteroatoms. The highest BCUT2D eigenvalue weighted by atomic mass is 16.6. The predicted molar refractivity (Wildman–Crippen MR) is 103 cm³/mol. The quantitative estimate of drug-likeness (QED) is 0.550. The largest absolute Gasteiger partial charge is 0.461 e. The number of benzene rings is 2. The van der Waals surface area contributed by atoms with Crippen molar-refractivity contribution in [2.75, 3.05) is 26.3 Å². The summed E-state index contributed by atoms with van der Waals surface area (Å²) in [7, 11) is 0. The second-order valence-electron chi connectivity index (χ2n) is 6.26. The van der Waals surface area contributed by atoms with Gasteiger partial charge in [-0.05, 0) is 29.2 Å². The lowest BCUT2D eigenvalue weighted by Gasteiger charge is -2.22. The van der Waals surface area contributed by atoms with Crippen molar-refractivity contribution in [1.29, 1.82) is 0 Å². The van der Waals surface area contributed by atoms with E-state index in [1.54, 1.807) is 0 Å². The molecule has 27 heavy (non-hydrogen) atoms. The highest BCUT2D eigenvalue weighted by Crippen LogP contribution is 2.44. The van der Waals surface area contributed by atoms with Gasteiger partial charge in [-0.1, -0.05) is 55.1 Å². The van der Waals surface area contributed by atoms with E-state index in [1.165, 1.54) is 27.2 Å². The number of ether oxygens (including phenoxy) is 2. The molecule has 0 aromatic heterocycles. The molecule has 5 nitrogen and oxygen atoms in total. The lowest BCUT2D eigenvalue weighted by atomic mass is 9.98. The summed E-state index contributed by atoms with van der Waals surface area (Å²) in [6.45, 7) is 6.35. The molecule has 2 aromatic rings. The molecule has 1 aliphatic rings. The minimum absolute atomic E-state index is 0.0265. The molecule has 0 heterocycles. The molecule has 3 rings (SSSR count). The van der Waals surface area contributed by atoms with E-state index in [9.17, 15) is 9.59 Å². The minimum Gasteiger partial charge on any atom is -0.461 e. The third-order valence-electron chi connectivity index (χ3n) is 4.75. The van der Waals surface area contributed by atoms with Gasteiger partial charge in [-0.25, -0.2) is 9.59 Å². The van der Waals surface area contributed by atoms with Crippen LogP contribution in [0.1, 0.15) is 24.0 Å². The molecule has 0 fully saturated rings. The van der Waals surface area contributed by atoms with E-state index >= 15 is 0 Å². The van der Waals surface area contributed by atoms with Gasteiger partial charge in [-0.3, -0.25) is 0 Å². The summed E-state index contributed by atoms with van der Waals surface area (Å²) in [4.78, 5) is 25.1. The summed E-state index contributed by atoms with van der Waals surface area (Å²) in [5, 5.41) is 0. The van der Waals surface area contributed by atoms with Gasteiger partial charge in [-0.15, -0.1) is 0 Å². The van der Waals surface area contributed by atoms with E-state index in [0.29, 0.717) is 6.54 Å². The van der Waals surface area contributed by atoms with Crippen molar-refractivity contribution in [2.45, 2.75) is 12.8 Å². The number of carbonyl (C=O) groups excluding carboxylic acids is 2. The first-order valence-corrected chi connectivity index (χ1v) is 9.04. The molecule has 1 amide bonds. The van der Waals surface area contributed by atoms with Crippen molar-refractivity contribution in [3.63, 3.8) is 0 Å². The fraction of sp³-hybridized carbons (Fsp3) is 0.273. The van der Waals surface area contributed by atoms with Gasteiger partial charge in [0.05, 0.1) is 6.54 Å². The van der Waals surface area contributed by atoms with Gasteiger partial charge in [0.2, 0.25) is 0 Å². The predicted octanol–water partition coefficient (Wildman–Crippen LogP) is 3.99. The Labute approximate surface area is 159 Å². The molecule has 0 aliphatic heterocycles. The normalized spacial score (nSPS) is 12.0. The number of fused-ring (bicyclic) bond motifs is 3. The number of hydrogen-bond acceptors (Lipinski definition) is 4. The minimum atomic E-state index is -0.501. The summed E-state index contributed by atoms with van der Waals surface area (Å²) < 4.78 is 10.5. The monoisotopic (exact) mass is 365 g/mol. The molecular formula is C22H23NO4. The first-order valence-electron chi connectivity index (χ1n) is 9.04. The Morgan fingerprint density at radius 1 is 1.04 bits per heavy atom. The van der Waals surface area contributed by atoms with Gasteiger partial charge < -0.3 is 14.4 Å². The van der Waals surface area contributed by atoms with Crippen LogP contribution in [0.4, 0.5) is 4.79 Å². The highest BCUT2D eigenvalue weighted by molar-refractivity contribution is 5.81. The van der Waals surface area contributed by atoms with Crippen molar-refractivity contribution < 1.29 is 19.1 Å². The van der Waals surface area contributed by atoms with Crippen molar-refractivity contribution in [3.05, 3.63) is 72.3 Å². The van der Waals surface area contributed by atoms with Crippen LogP contribution in [0.25, 0.3) is 11.1 Å². The van der Waals surface area contributed by atoms with E-state index in [4.69, 9.17) is 9.47 Å². The molecule has 0 saturated heterocycles. The van der Waals surface area contributed by atoms with Crippen LogP contribution < -0.4 is 0 Å². The number of carbonyl (C=O) groups is 2. The van der Waals surface area contributed by atoms with Gasteiger partial charge in [0, 0.05) is 18.5 Å². The summed E-state index contributed by atoms with van der Waals surface area (Å²) in [6.07, 6.45) is 0.692. The van der Waals surface area contributed by atoms with E-state index < -0.39 is 12.1 Å². The molecule has 0 unspecified atom stereocenters. The average molecular weight is 365 g/mol. The Kier molecular flexibility index (Phi) is 5.91. The molecule has 140 valence electrons. The number of rotatable bonds is 7. The second-order valence-corrected chi connectivity index (χ2v) is 6.26. The highest BCUT2D eigenvalue weighted by Gasteiger charge is 2.29. The van der Waals surface area contributed by atoms with Crippen LogP contribution in [0.2, 0.25) is 0 Å². The van der Waals surface area contributed by atoms with Crippen molar-refractivity contribution in [3.8, 4) is 11.1 Å². The Balaban J connectivity index is 1.64. The first kappa shape index (κ1) is 18.7. The van der Waals surface area contributed by atoms with Crippen molar-refractivity contribution in [2.24, 2.45) is 0 Å². The molecule has 0 bridgehead atoms. The number of likely N-dealkylation sites (N-methyl/N-ethyl adjacent to an activating group) is 1.